The summed E-state index contributed by atoms with van der Waals surface area (Å²) in [5.74, 6) is 0. The number of nitrogens with zero attached hydrogens (tertiary/aromatic N) is 1. The van der Waals surface area contributed by atoms with E-state index in [9.17, 15) is 8.42 Å². The molecule has 1 fully saturated rings. The Morgan fingerprint density at radius 3 is 2.65 bits per heavy atom. The average Bonchev–Trinajstić information content (AvgIpc) is 2.87. The van der Waals surface area contributed by atoms with Gasteiger partial charge in [0.05, 0.1) is 11.5 Å². The van der Waals surface area contributed by atoms with Crippen LogP contribution in [-0.4, -0.2) is 24.6 Å². The molecule has 0 aromatic carbocycles. The third-order valence-electron chi connectivity index (χ3n) is 3.35. The number of hydrogen-bond acceptors (Lipinski definition) is 3. The minimum atomic E-state index is -3.45. The van der Waals surface area contributed by atoms with Crippen LogP contribution in [0.25, 0.3) is 0 Å². The lowest BCUT2D eigenvalue weighted by atomic mass is 10.2. The van der Waals surface area contributed by atoms with Gasteiger partial charge in [0, 0.05) is 25.5 Å². The Balaban J connectivity index is 2.13. The first-order valence-corrected chi connectivity index (χ1v) is 7.10. The SMILES string of the molecule is Cn1cc(S(=O)(=O)NCC2(C)CC2)cc1CO. The maximum atomic E-state index is 12.0. The Kier molecular flexibility index (Phi) is 3.05. The summed E-state index contributed by atoms with van der Waals surface area (Å²) in [7, 11) is -1.73. The van der Waals surface area contributed by atoms with Crippen molar-refractivity contribution in [2.24, 2.45) is 12.5 Å². The largest absolute Gasteiger partial charge is 0.390 e. The lowest BCUT2D eigenvalue weighted by molar-refractivity contribution is 0.272. The van der Waals surface area contributed by atoms with E-state index in [0.717, 1.165) is 12.8 Å². The zero-order valence-corrected chi connectivity index (χ0v) is 10.9. The van der Waals surface area contributed by atoms with Crippen molar-refractivity contribution < 1.29 is 13.5 Å². The number of sulfonamides is 1. The van der Waals surface area contributed by atoms with Crippen molar-refractivity contribution in [2.75, 3.05) is 6.54 Å². The molecule has 0 spiro atoms. The molecule has 1 aromatic heterocycles. The summed E-state index contributed by atoms with van der Waals surface area (Å²) in [5, 5.41) is 9.03. The third-order valence-corrected chi connectivity index (χ3v) is 4.72. The van der Waals surface area contributed by atoms with E-state index < -0.39 is 10.0 Å². The van der Waals surface area contributed by atoms with Crippen LogP contribution in [-0.2, 0) is 23.7 Å². The second kappa shape index (κ2) is 4.12. The van der Waals surface area contributed by atoms with Gasteiger partial charge in [0.1, 0.15) is 0 Å². The quantitative estimate of drug-likeness (QED) is 0.812. The Morgan fingerprint density at radius 2 is 2.18 bits per heavy atom. The number of aliphatic hydroxyl groups excluding tert-OH is 1. The number of aryl methyl sites for hydroxylation is 1. The molecular formula is C11H18N2O3S. The molecule has 0 radical (unpaired) electrons. The van der Waals surface area contributed by atoms with Crippen LogP contribution in [0, 0.1) is 5.41 Å². The Labute approximate surface area is 102 Å². The van der Waals surface area contributed by atoms with Crippen molar-refractivity contribution in [2.45, 2.75) is 31.3 Å². The second-order valence-electron chi connectivity index (χ2n) is 5.07. The molecule has 0 aliphatic heterocycles. The molecule has 5 nitrogen and oxygen atoms in total. The molecule has 17 heavy (non-hydrogen) atoms. The summed E-state index contributed by atoms with van der Waals surface area (Å²) < 4.78 is 28.2. The molecule has 0 atom stereocenters. The highest BCUT2D eigenvalue weighted by Crippen LogP contribution is 2.44. The number of rotatable bonds is 5. The molecule has 0 saturated heterocycles. The monoisotopic (exact) mass is 258 g/mol. The number of nitrogens with one attached hydrogen (secondary N) is 1. The first-order chi connectivity index (χ1) is 7.86. The van der Waals surface area contributed by atoms with Gasteiger partial charge in [-0.3, -0.25) is 0 Å². The lowest BCUT2D eigenvalue weighted by Crippen LogP contribution is -2.28. The smallest absolute Gasteiger partial charge is 0.242 e. The van der Waals surface area contributed by atoms with E-state index in [-0.39, 0.29) is 16.9 Å². The summed E-state index contributed by atoms with van der Waals surface area (Å²) in [6.45, 7) is 2.39. The van der Waals surface area contributed by atoms with Crippen LogP contribution in [0.2, 0.25) is 0 Å². The van der Waals surface area contributed by atoms with Crippen molar-refractivity contribution in [1.29, 1.82) is 0 Å². The van der Waals surface area contributed by atoms with E-state index in [2.05, 4.69) is 11.6 Å². The fourth-order valence-corrected chi connectivity index (χ4v) is 2.92. The van der Waals surface area contributed by atoms with Crippen LogP contribution >= 0.6 is 0 Å². The second-order valence-corrected chi connectivity index (χ2v) is 6.84. The van der Waals surface area contributed by atoms with Crippen LogP contribution in [0.1, 0.15) is 25.5 Å². The molecule has 0 bridgehead atoms. The molecule has 1 heterocycles. The summed E-state index contributed by atoms with van der Waals surface area (Å²) in [6.07, 6.45) is 3.67. The molecule has 6 heteroatoms. The van der Waals surface area contributed by atoms with Gasteiger partial charge in [-0.1, -0.05) is 6.92 Å². The van der Waals surface area contributed by atoms with E-state index in [0.29, 0.717) is 12.2 Å². The van der Waals surface area contributed by atoms with Crippen LogP contribution in [0.5, 0.6) is 0 Å². The molecular weight excluding hydrogens is 240 g/mol. The predicted octanol–water partition coefficient (Wildman–Crippen LogP) is 0.596. The van der Waals surface area contributed by atoms with E-state index in [1.54, 1.807) is 11.6 Å². The van der Waals surface area contributed by atoms with Gasteiger partial charge in [-0.05, 0) is 24.3 Å². The first-order valence-electron chi connectivity index (χ1n) is 5.62. The lowest BCUT2D eigenvalue weighted by Gasteiger charge is -2.09. The molecule has 2 rings (SSSR count). The molecule has 96 valence electrons. The Bertz CT molecular complexity index is 515. The van der Waals surface area contributed by atoms with E-state index in [1.807, 2.05) is 0 Å². The Morgan fingerprint density at radius 1 is 1.53 bits per heavy atom. The van der Waals surface area contributed by atoms with Crippen molar-refractivity contribution in [3.8, 4) is 0 Å². The zero-order chi connectivity index (χ0) is 12.7. The molecule has 0 amide bonds. The Hall–Kier alpha value is -0.850. The van der Waals surface area contributed by atoms with E-state index in [1.165, 1.54) is 12.3 Å². The van der Waals surface area contributed by atoms with Gasteiger partial charge >= 0.3 is 0 Å². The van der Waals surface area contributed by atoms with Gasteiger partial charge in [0.15, 0.2) is 0 Å². The van der Waals surface area contributed by atoms with Gasteiger partial charge in [-0.2, -0.15) is 0 Å². The highest BCUT2D eigenvalue weighted by Gasteiger charge is 2.38. The van der Waals surface area contributed by atoms with E-state index in [4.69, 9.17) is 5.11 Å². The molecule has 0 unspecified atom stereocenters. The minimum Gasteiger partial charge on any atom is -0.390 e. The number of hydrogen-bond donors (Lipinski definition) is 2. The highest BCUT2D eigenvalue weighted by molar-refractivity contribution is 7.89. The highest BCUT2D eigenvalue weighted by atomic mass is 32.2. The van der Waals surface area contributed by atoms with Crippen LogP contribution in [0.3, 0.4) is 0 Å². The van der Waals surface area contributed by atoms with Crippen LogP contribution in [0.15, 0.2) is 17.2 Å². The summed E-state index contributed by atoms with van der Waals surface area (Å²) in [5.41, 5.74) is 0.727. The standard InChI is InChI=1S/C11H18N2O3S/c1-11(3-4-11)8-12-17(15,16)10-5-9(7-14)13(2)6-10/h5-6,12,14H,3-4,7-8H2,1-2H3. The van der Waals surface area contributed by atoms with Crippen molar-refractivity contribution in [1.82, 2.24) is 9.29 Å². The van der Waals surface area contributed by atoms with E-state index >= 15 is 0 Å². The van der Waals surface area contributed by atoms with Crippen molar-refractivity contribution in [3.63, 3.8) is 0 Å². The average molecular weight is 258 g/mol. The number of aliphatic hydroxyl groups is 1. The molecule has 1 saturated carbocycles. The fraction of sp³-hybridized carbons (Fsp3) is 0.636. The first kappa shape index (κ1) is 12.6. The van der Waals surface area contributed by atoms with Gasteiger partial charge in [0.25, 0.3) is 0 Å². The number of aromatic nitrogens is 1. The van der Waals surface area contributed by atoms with Gasteiger partial charge in [-0.25, -0.2) is 13.1 Å². The van der Waals surface area contributed by atoms with Crippen LogP contribution in [0.4, 0.5) is 0 Å². The third kappa shape index (κ3) is 2.70. The maximum Gasteiger partial charge on any atom is 0.242 e. The summed E-state index contributed by atoms with van der Waals surface area (Å²) >= 11 is 0. The maximum absolute atomic E-state index is 12.0. The molecule has 1 aliphatic carbocycles. The summed E-state index contributed by atoms with van der Waals surface area (Å²) in [4.78, 5) is 0.216. The molecule has 2 N–H and O–H groups in total. The zero-order valence-electron chi connectivity index (χ0n) is 10.1. The minimum absolute atomic E-state index is 0.141. The van der Waals surface area contributed by atoms with Crippen molar-refractivity contribution >= 4 is 10.0 Å². The topological polar surface area (TPSA) is 71.3 Å². The summed E-state index contributed by atoms with van der Waals surface area (Å²) in [6, 6.07) is 1.50. The van der Waals surface area contributed by atoms with Crippen LogP contribution < -0.4 is 4.72 Å². The van der Waals surface area contributed by atoms with Gasteiger partial charge in [-0.15, -0.1) is 0 Å². The van der Waals surface area contributed by atoms with Gasteiger partial charge in [0.2, 0.25) is 10.0 Å². The predicted molar refractivity (Wildman–Crippen MR) is 63.9 cm³/mol. The van der Waals surface area contributed by atoms with Gasteiger partial charge < -0.3 is 9.67 Å². The van der Waals surface area contributed by atoms with Crippen molar-refractivity contribution in [3.05, 3.63) is 18.0 Å². The molecule has 1 aromatic rings. The fourth-order valence-electron chi connectivity index (χ4n) is 1.62. The normalized spacial score (nSPS) is 18.3. The molecule has 1 aliphatic rings.